The summed E-state index contributed by atoms with van der Waals surface area (Å²) in [5.74, 6) is -0.758. The third kappa shape index (κ3) is 2.35. The van der Waals surface area contributed by atoms with E-state index in [0.29, 0.717) is 0 Å². The second kappa shape index (κ2) is 4.28. The molecule has 2 rings (SSSR count). The minimum absolute atomic E-state index is 0.140. The zero-order valence-corrected chi connectivity index (χ0v) is 10.2. The summed E-state index contributed by atoms with van der Waals surface area (Å²) < 4.78 is 0. The summed E-state index contributed by atoms with van der Waals surface area (Å²) in [6.07, 6.45) is 0.140. The molecular weight excluding hydrogens is 216 g/mol. The van der Waals surface area contributed by atoms with Crippen LogP contribution in [0.4, 0.5) is 11.4 Å². The maximum atomic E-state index is 10.9. The maximum Gasteiger partial charge on any atom is 0.305 e. The fraction of sp³-hybridized carbons (Fsp3) is 0.462. The summed E-state index contributed by atoms with van der Waals surface area (Å²) in [5.41, 5.74) is 1.80. The number of carboxylic acids is 1. The highest BCUT2D eigenvalue weighted by atomic mass is 16.4. The van der Waals surface area contributed by atoms with Crippen LogP contribution in [0.1, 0.15) is 20.3 Å². The van der Waals surface area contributed by atoms with Gasteiger partial charge in [-0.25, -0.2) is 0 Å². The Labute approximate surface area is 101 Å². The van der Waals surface area contributed by atoms with Crippen molar-refractivity contribution in [3.05, 3.63) is 24.3 Å². The lowest BCUT2D eigenvalue weighted by Crippen LogP contribution is -2.49. The summed E-state index contributed by atoms with van der Waals surface area (Å²) in [5, 5.41) is 12.3. The van der Waals surface area contributed by atoms with Crippen LogP contribution in [0.25, 0.3) is 0 Å². The van der Waals surface area contributed by atoms with E-state index < -0.39 is 5.97 Å². The second-order valence-electron chi connectivity index (χ2n) is 4.98. The van der Waals surface area contributed by atoms with Crippen molar-refractivity contribution < 1.29 is 9.90 Å². The standard InChI is InChI=1S/C13H18N2O2/c1-13(2,9-12(16)17)15-8-7-14-10-5-3-4-6-11(10)15/h3-6,14H,7-9H2,1-2H3,(H,16,17). The van der Waals surface area contributed by atoms with Gasteiger partial charge in [-0.1, -0.05) is 12.1 Å². The topological polar surface area (TPSA) is 52.6 Å². The Bertz CT molecular complexity index is 429. The van der Waals surface area contributed by atoms with Crippen LogP contribution in [0.3, 0.4) is 0 Å². The Morgan fingerprint density at radius 2 is 2.18 bits per heavy atom. The molecule has 0 radical (unpaired) electrons. The van der Waals surface area contributed by atoms with E-state index in [2.05, 4.69) is 10.2 Å². The number of anilines is 2. The number of nitrogens with zero attached hydrogens (tertiary/aromatic N) is 1. The molecule has 2 N–H and O–H groups in total. The fourth-order valence-electron chi connectivity index (χ4n) is 2.38. The number of carbonyl (C=O) groups is 1. The van der Waals surface area contributed by atoms with Crippen LogP contribution in [-0.2, 0) is 4.79 Å². The first kappa shape index (κ1) is 11.8. The molecule has 1 aromatic rings. The van der Waals surface area contributed by atoms with Gasteiger partial charge in [0.1, 0.15) is 0 Å². The molecule has 0 bridgehead atoms. The zero-order chi connectivity index (χ0) is 12.5. The monoisotopic (exact) mass is 234 g/mol. The highest BCUT2D eigenvalue weighted by molar-refractivity contribution is 5.75. The molecule has 0 spiro atoms. The number of aliphatic carboxylic acids is 1. The van der Waals surface area contributed by atoms with Gasteiger partial charge in [0, 0.05) is 18.6 Å². The predicted molar refractivity (Wildman–Crippen MR) is 68.6 cm³/mol. The number of benzene rings is 1. The number of fused-ring (bicyclic) bond motifs is 1. The summed E-state index contributed by atoms with van der Waals surface area (Å²) in [6, 6.07) is 8.03. The van der Waals surface area contributed by atoms with Gasteiger partial charge in [0.25, 0.3) is 0 Å². The molecule has 0 aromatic heterocycles. The smallest absolute Gasteiger partial charge is 0.305 e. The lowest BCUT2D eigenvalue weighted by Gasteiger charge is -2.43. The minimum Gasteiger partial charge on any atom is -0.481 e. The summed E-state index contributed by atoms with van der Waals surface area (Å²) in [6.45, 7) is 5.63. The van der Waals surface area contributed by atoms with Gasteiger partial charge in [0.2, 0.25) is 0 Å². The highest BCUT2D eigenvalue weighted by Crippen LogP contribution is 2.34. The molecule has 1 heterocycles. The molecule has 17 heavy (non-hydrogen) atoms. The van der Waals surface area contributed by atoms with E-state index in [1.165, 1.54) is 0 Å². The maximum absolute atomic E-state index is 10.9. The Morgan fingerprint density at radius 1 is 1.47 bits per heavy atom. The van der Waals surface area contributed by atoms with Crippen LogP contribution < -0.4 is 10.2 Å². The largest absolute Gasteiger partial charge is 0.481 e. The molecule has 1 aliphatic rings. The molecule has 0 saturated carbocycles. The van der Waals surface area contributed by atoms with Crippen LogP contribution in [-0.4, -0.2) is 29.7 Å². The quantitative estimate of drug-likeness (QED) is 0.841. The van der Waals surface area contributed by atoms with Crippen LogP contribution in [0.5, 0.6) is 0 Å². The molecule has 1 aliphatic heterocycles. The Kier molecular flexibility index (Phi) is 2.96. The summed E-state index contributed by atoms with van der Waals surface area (Å²) in [7, 11) is 0. The van der Waals surface area contributed by atoms with E-state index in [0.717, 1.165) is 24.5 Å². The average Bonchev–Trinajstić information content (AvgIpc) is 2.26. The molecule has 4 nitrogen and oxygen atoms in total. The predicted octanol–water partition coefficient (Wildman–Crippen LogP) is 2.17. The highest BCUT2D eigenvalue weighted by Gasteiger charge is 2.32. The first-order valence-electron chi connectivity index (χ1n) is 5.83. The van der Waals surface area contributed by atoms with Crippen molar-refractivity contribution in [1.82, 2.24) is 0 Å². The number of hydrogen-bond donors (Lipinski definition) is 2. The van der Waals surface area contributed by atoms with Gasteiger partial charge >= 0.3 is 5.97 Å². The Hall–Kier alpha value is -1.71. The van der Waals surface area contributed by atoms with Gasteiger partial charge in [0.15, 0.2) is 0 Å². The molecule has 0 aliphatic carbocycles. The van der Waals surface area contributed by atoms with E-state index in [4.69, 9.17) is 5.11 Å². The van der Waals surface area contributed by atoms with E-state index in [1.54, 1.807) is 0 Å². The lowest BCUT2D eigenvalue weighted by atomic mass is 9.96. The molecule has 0 fully saturated rings. The van der Waals surface area contributed by atoms with E-state index in [1.807, 2.05) is 38.1 Å². The van der Waals surface area contributed by atoms with Crippen molar-refractivity contribution in [1.29, 1.82) is 0 Å². The SMILES string of the molecule is CC(C)(CC(=O)O)N1CCNc2ccccc21. The fourth-order valence-corrected chi connectivity index (χ4v) is 2.38. The van der Waals surface area contributed by atoms with Gasteiger partial charge in [-0.05, 0) is 26.0 Å². The number of para-hydroxylation sites is 2. The van der Waals surface area contributed by atoms with E-state index >= 15 is 0 Å². The van der Waals surface area contributed by atoms with Gasteiger partial charge < -0.3 is 15.3 Å². The van der Waals surface area contributed by atoms with Crippen molar-refractivity contribution in [3.8, 4) is 0 Å². The summed E-state index contributed by atoms with van der Waals surface area (Å²) in [4.78, 5) is 13.1. The molecule has 4 heteroatoms. The first-order chi connectivity index (χ1) is 8.00. The third-order valence-electron chi connectivity index (χ3n) is 3.16. The lowest BCUT2D eigenvalue weighted by molar-refractivity contribution is -0.138. The van der Waals surface area contributed by atoms with Gasteiger partial charge in [-0.3, -0.25) is 4.79 Å². The number of nitrogens with one attached hydrogen (secondary N) is 1. The molecule has 0 saturated heterocycles. The van der Waals surface area contributed by atoms with Crippen LogP contribution in [0.15, 0.2) is 24.3 Å². The normalized spacial score (nSPS) is 15.1. The molecule has 92 valence electrons. The summed E-state index contributed by atoms with van der Waals surface area (Å²) >= 11 is 0. The minimum atomic E-state index is -0.758. The second-order valence-corrected chi connectivity index (χ2v) is 4.98. The van der Waals surface area contributed by atoms with Crippen molar-refractivity contribution in [2.24, 2.45) is 0 Å². The van der Waals surface area contributed by atoms with Crippen LogP contribution >= 0.6 is 0 Å². The Balaban J connectivity index is 2.32. The number of hydrogen-bond acceptors (Lipinski definition) is 3. The van der Waals surface area contributed by atoms with E-state index in [-0.39, 0.29) is 12.0 Å². The molecular formula is C13H18N2O2. The van der Waals surface area contributed by atoms with Gasteiger partial charge in [0.05, 0.1) is 17.8 Å². The third-order valence-corrected chi connectivity index (χ3v) is 3.16. The van der Waals surface area contributed by atoms with Gasteiger partial charge in [-0.15, -0.1) is 0 Å². The molecule has 0 atom stereocenters. The van der Waals surface area contributed by atoms with Crippen LogP contribution in [0, 0.1) is 0 Å². The van der Waals surface area contributed by atoms with Gasteiger partial charge in [-0.2, -0.15) is 0 Å². The molecule has 0 unspecified atom stereocenters. The molecule has 0 amide bonds. The zero-order valence-electron chi connectivity index (χ0n) is 10.2. The first-order valence-corrected chi connectivity index (χ1v) is 5.83. The van der Waals surface area contributed by atoms with E-state index in [9.17, 15) is 4.79 Å². The van der Waals surface area contributed by atoms with Crippen LogP contribution in [0.2, 0.25) is 0 Å². The Morgan fingerprint density at radius 3 is 2.88 bits per heavy atom. The molecule has 1 aromatic carbocycles. The number of carboxylic acid groups (broad SMARTS) is 1. The van der Waals surface area contributed by atoms with Crippen molar-refractivity contribution >= 4 is 17.3 Å². The average molecular weight is 234 g/mol. The van der Waals surface area contributed by atoms with Crippen molar-refractivity contribution in [2.45, 2.75) is 25.8 Å². The van der Waals surface area contributed by atoms with Crippen molar-refractivity contribution in [2.75, 3.05) is 23.3 Å². The number of rotatable bonds is 3. The van der Waals surface area contributed by atoms with Crippen molar-refractivity contribution in [3.63, 3.8) is 0 Å².